The summed E-state index contributed by atoms with van der Waals surface area (Å²) in [6.45, 7) is 7.08. The Hall–Kier alpha value is -1.02. The number of carbonyl (C=O) groups is 1. The van der Waals surface area contributed by atoms with Crippen molar-refractivity contribution in [2.45, 2.75) is 46.1 Å². The first-order valence-corrected chi connectivity index (χ1v) is 7.67. The van der Waals surface area contributed by atoms with Crippen LogP contribution in [0.1, 0.15) is 50.4 Å². The van der Waals surface area contributed by atoms with Crippen molar-refractivity contribution in [1.29, 1.82) is 0 Å². The number of benzene rings is 1. The van der Waals surface area contributed by atoms with Gasteiger partial charge in [0.2, 0.25) is 0 Å². The molecule has 2 bridgehead atoms. The molecular weight excluding hydrogens is 272 g/mol. The van der Waals surface area contributed by atoms with Crippen LogP contribution >= 0.6 is 11.6 Å². The van der Waals surface area contributed by atoms with Crippen LogP contribution in [0.3, 0.4) is 0 Å². The van der Waals surface area contributed by atoms with Gasteiger partial charge in [0.25, 0.3) is 0 Å². The molecule has 2 aliphatic carbocycles. The summed E-state index contributed by atoms with van der Waals surface area (Å²) in [5.41, 5.74) is 1.12. The summed E-state index contributed by atoms with van der Waals surface area (Å²) in [7, 11) is 0. The number of aldehydes is 1. The summed E-state index contributed by atoms with van der Waals surface area (Å²) in [5, 5.41) is 0.527. The highest BCUT2D eigenvalue weighted by Crippen LogP contribution is 2.66. The standard InChI is InChI=1S/C17H21ClO2/c1-16(2)12-6-7-17(16,3)15(9-12)20-14-5-4-11(10-19)8-13(14)18/h4-5,8,10,12,15H,6-7,9H2,1-3H3. The highest BCUT2D eigenvalue weighted by Gasteiger charge is 2.62. The van der Waals surface area contributed by atoms with Crippen molar-refractivity contribution < 1.29 is 9.53 Å². The van der Waals surface area contributed by atoms with Crippen molar-refractivity contribution in [3.8, 4) is 5.75 Å². The van der Waals surface area contributed by atoms with Gasteiger partial charge in [0, 0.05) is 11.0 Å². The highest BCUT2D eigenvalue weighted by atomic mass is 35.5. The van der Waals surface area contributed by atoms with E-state index >= 15 is 0 Å². The first-order valence-electron chi connectivity index (χ1n) is 7.30. The third-order valence-corrected chi connectivity index (χ3v) is 6.37. The summed E-state index contributed by atoms with van der Waals surface area (Å²) >= 11 is 6.22. The fourth-order valence-corrected chi connectivity index (χ4v) is 4.38. The monoisotopic (exact) mass is 292 g/mol. The van der Waals surface area contributed by atoms with E-state index in [1.165, 1.54) is 12.8 Å². The van der Waals surface area contributed by atoms with E-state index in [0.717, 1.165) is 18.6 Å². The Morgan fingerprint density at radius 1 is 1.35 bits per heavy atom. The summed E-state index contributed by atoms with van der Waals surface area (Å²) in [6, 6.07) is 5.24. The fourth-order valence-electron chi connectivity index (χ4n) is 4.15. The van der Waals surface area contributed by atoms with Crippen LogP contribution in [0.5, 0.6) is 5.75 Å². The topological polar surface area (TPSA) is 26.3 Å². The number of halogens is 1. The van der Waals surface area contributed by atoms with Gasteiger partial charge < -0.3 is 4.74 Å². The molecule has 0 aliphatic heterocycles. The Morgan fingerprint density at radius 3 is 2.60 bits per heavy atom. The number of rotatable bonds is 3. The molecule has 3 atom stereocenters. The molecule has 0 heterocycles. The molecule has 3 heteroatoms. The zero-order valence-electron chi connectivity index (χ0n) is 12.3. The molecule has 0 saturated heterocycles. The highest BCUT2D eigenvalue weighted by molar-refractivity contribution is 6.32. The van der Waals surface area contributed by atoms with Crippen LogP contribution in [0.4, 0.5) is 0 Å². The molecule has 2 aliphatic rings. The number of carbonyl (C=O) groups excluding carboxylic acids is 1. The van der Waals surface area contributed by atoms with Gasteiger partial charge in [0.15, 0.2) is 0 Å². The van der Waals surface area contributed by atoms with E-state index in [0.29, 0.717) is 21.8 Å². The normalized spacial score (nSPS) is 34.2. The molecule has 108 valence electrons. The van der Waals surface area contributed by atoms with Crippen molar-refractivity contribution in [1.82, 2.24) is 0 Å². The average molecular weight is 293 g/mol. The number of hydrogen-bond donors (Lipinski definition) is 0. The average Bonchev–Trinajstić information content (AvgIpc) is 2.74. The van der Waals surface area contributed by atoms with Crippen LogP contribution in [0.25, 0.3) is 0 Å². The first-order chi connectivity index (χ1) is 9.38. The molecule has 2 nitrogen and oxygen atoms in total. The lowest BCUT2D eigenvalue weighted by Gasteiger charge is -2.39. The maximum Gasteiger partial charge on any atom is 0.150 e. The van der Waals surface area contributed by atoms with Crippen molar-refractivity contribution in [3.63, 3.8) is 0 Å². The largest absolute Gasteiger partial charge is 0.488 e. The lowest BCUT2D eigenvalue weighted by Crippen LogP contribution is -2.38. The van der Waals surface area contributed by atoms with E-state index in [1.54, 1.807) is 12.1 Å². The lowest BCUT2D eigenvalue weighted by molar-refractivity contribution is 0.0302. The summed E-state index contributed by atoms with van der Waals surface area (Å²) < 4.78 is 6.23. The summed E-state index contributed by atoms with van der Waals surface area (Å²) in [6.07, 6.45) is 4.66. The third kappa shape index (κ3) is 1.81. The van der Waals surface area contributed by atoms with Gasteiger partial charge >= 0.3 is 0 Å². The predicted molar refractivity (Wildman–Crippen MR) is 80.5 cm³/mol. The van der Waals surface area contributed by atoms with E-state index in [2.05, 4.69) is 20.8 Å². The van der Waals surface area contributed by atoms with Gasteiger partial charge in [0.05, 0.1) is 5.02 Å². The molecule has 0 amide bonds. The fraction of sp³-hybridized carbons (Fsp3) is 0.588. The lowest BCUT2D eigenvalue weighted by atomic mass is 9.70. The predicted octanol–water partition coefficient (Wildman–Crippen LogP) is 4.75. The Balaban J connectivity index is 1.85. The summed E-state index contributed by atoms with van der Waals surface area (Å²) in [5.74, 6) is 1.44. The molecule has 0 aromatic heterocycles. The number of ether oxygens (including phenoxy) is 1. The maximum atomic E-state index is 10.8. The zero-order valence-corrected chi connectivity index (χ0v) is 13.0. The number of fused-ring (bicyclic) bond motifs is 2. The van der Waals surface area contributed by atoms with Gasteiger partial charge in [-0.05, 0) is 48.8 Å². The van der Waals surface area contributed by atoms with E-state index in [1.807, 2.05) is 6.07 Å². The Bertz CT molecular complexity index is 552. The van der Waals surface area contributed by atoms with E-state index < -0.39 is 0 Å². The molecule has 0 spiro atoms. The summed E-state index contributed by atoms with van der Waals surface area (Å²) in [4.78, 5) is 10.8. The molecule has 0 radical (unpaired) electrons. The van der Waals surface area contributed by atoms with Gasteiger partial charge in [0.1, 0.15) is 18.1 Å². The molecule has 20 heavy (non-hydrogen) atoms. The molecule has 1 aromatic carbocycles. The van der Waals surface area contributed by atoms with Gasteiger partial charge in [-0.15, -0.1) is 0 Å². The van der Waals surface area contributed by atoms with Crippen LogP contribution in [0.15, 0.2) is 18.2 Å². The van der Waals surface area contributed by atoms with Crippen LogP contribution in [-0.2, 0) is 0 Å². The Morgan fingerprint density at radius 2 is 2.10 bits per heavy atom. The van der Waals surface area contributed by atoms with Crippen LogP contribution in [0.2, 0.25) is 5.02 Å². The second-order valence-electron chi connectivity index (χ2n) is 7.02. The van der Waals surface area contributed by atoms with Crippen LogP contribution in [0, 0.1) is 16.7 Å². The molecule has 3 unspecified atom stereocenters. The minimum Gasteiger partial charge on any atom is -0.488 e. The van der Waals surface area contributed by atoms with Crippen molar-refractivity contribution in [2.75, 3.05) is 0 Å². The van der Waals surface area contributed by atoms with Crippen molar-refractivity contribution in [3.05, 3.63) is 28.8 Å². The van der Waals surface area contributed by atoms with Crippen LogP contribution in [-0.4, -0.2) is 12.4 Å². The zero-order chi connectivity index (χ0) is 14.5. The van der Waals surface area contributed by atoms with E-state index in [9.17, 15) is 4.79 Å². The Labute approximate surface area is 125 Å². The van der Waals surface area contributed by atoms with Gasteiger partial charge in [-0.25, -0.2) is 0 Å². The minimum atomic E-state index is 0.213. The van der Waals surface area contributed by atoms with Crippen LogP contribution < -0.4 is 4.74 Å². The number of hydrogen-bond acceptors (Lipinski definition) is 2. The van der Waals surface area contributed by atoms with Gasteiger partial charge in [-0.2, -0.15) is 0 Å². The molecule has 1 aromatic rings. The third-order valence-electron chi connectivity index (χ3n) is 6.08. The minimum absolute atomic E-state index is 0.213. The molecule has 3 rings (SSSR count). The smallest absolute Gasteiger partial charge is 0.150 e. The second kappa shape index (κ2) is 4.49. The van der Waals surface area contributed by atoms with E-state index in [4.69, 9.17) is 16.3 Å². The molecule has 2 saturated carbocycles. The first kappa shape index (κ1) is 13.9. The van der Waals surface area contributed by atoms with Gasteiger partial charge in [-0.1, -0.05) is 32.4 Å². The maximum absolute atomic E-state index is 10.8. The van der Waals surface area contributed by atoms with Crippen molar-refractivity contribution in [2.24, 2.45) is 16.7 Å². The quantitative estimate of drug-likeness (QED) is 0.752. The second-order valence-corrected chi connectivity index (χ2v) is 7.43. The van der Waals surface area contributed by atoms with Gasteiger partial charge in [-0.3, -0.25) is 4.79 Å². The SMILES string of the molecule is CC1(C)C2CCC1(C)C(Oc1ccc(C=O)cc1Cl)C2. The van der Waals surface area contributed by atoms with Crippen molar-refractivity contribution >= 4 is 17.9 Å². The Kier molecular flexibility index (Phi) is 3.13. The molecule has 0 N–H and O–H groups in total. The van der Waals surface area contributed by atoms with E-state index in [-0.39, 0.29) is 11.5 Å². The molecule has 2 fully saturated rings. The molecular formula is C17H21ClO2.